The highest BCUT2D eigenvalue weighted by atomic mass is 32.1. The normalized spacial score (nSPS) is 10.7. The van der Waals surface area contributed by atoms with E-state index < -0.39 is 11.7 Å². The quantitative estimate of drug-likeness (QED) is 0.501. The number of rotatable bonds is 6. The van der Waals surface area contributed by atoms with E-state index in [9.17, 15) is 9.18 Å². The van der Waals surface area contributed by atoms with E-state index in [0.29, 0.717) is 29.1 Å². The van der Waals surface area contributed by atoms with E-state index in [1.807, 2.05) is 6.92 Å². The number of amides is 1. The highest BCUT2D eigenvalue weighted by molar-refractivity contribution is 7.18. The van der Waals surface area contributed by atoms with Crippen LogP contribution < -0.4 is 10.1 Å². The van der Waals surface area contributed by atoms with Gasteiger partial charge in [-0.15, -0.1) is 11.3 Å². The van der Waals surface area contributed by atoms with Crippen LogP contribution in [0.25, 0.3) is 21.3 Å². The number of hydrogen-bond donors (Lipinski definition) is 2. The number of thiazole rings is 1. The predicted molar refractivity (Wildman–Crippen MR) is 106 cm³/mol. The van der Waals surface area contributed by atoms with Gasteiger partial charge in [-0.05, 0) is 37.3 Å². The van der Waals surface area contributed by atoms with Crippen LogP contribution in [0.5, 0.6) is 5.88 Å². The highest BCUT2D eigenvalue weighted by Gasteiger charge is 2.18. The molecule has 0 bridgehead atoms. The van der Waals surface area contributed by atoms with Crippen LogP contribution in [0.2, 0.25) is 0 Å². The Bertz CT molecular complexity index is 1150. The molecule has 3 heterocycles. The van der Waals surface area contributed by atoms with Crippen LogP contribution in [0, 0.1) is 5.82 Å². The van der Waals surface area contributed by atoms with Gasteiger partial charge < -0.3 is 10.1 Å². The van der Waals surface area contributed by atoms with Crippen LogP contribution in [0.15, 0.2) is 48.9 Å². The van der Waals surface area contributed by atoms with Gasteiger partial charge in [0.1, 0.15) is 27.8 Å². The summed E-state index contributed by atoms with van der Waals surface area (Å²) in [5.74, 6) is 0.402. The molecule has 0 fully saturated rings. The number of H-pyrrole nitrogens is 1. The van der Waals surface area contributed by atoms with E-state index in [1.54, 1.807) is 18.3 Å². The first kappa shape index (κ1) is 18.7. The summed E-state index contributed by atoms with van der Waals surface area (Å²) in [5.41, 5.74) is 0.948. The molecule has 1 aromatic carbocycles. The molecular weight excluding hydrogens is 395 g/mol. The number of anilines is 1. The molecule has 0 aliphatic rings. The third-order valence-corrected chi connectivity index (χ3v) is 4.93. The Kier molecular flexibility index (Phi) is 5.25. The van der Waals surface area contributed by atoms with E-state index in [-0.39, 0.29) is 5.56 Å². The Hall–Kier alpha value is -3.66. The summed E-state index contributed by atoms with van der Waals surface area (Å²) < 4.78 is 19.0. The highest BCUT2D eigenvalue weighted by Crippen LogP contribution is 2.38. The van der Waals surface area contributed by atoms with Crippen LogP contribution in [-0.4, -0.2) is 37.7 Å². The third kappa shape index (κ3) is 4.11. The zero-order valence-electron chi connectivity index (χ0n) is 15.2. The molecule has 0 saturated heterocycles. The van der Waals surface area contributed by atoms with Crippen LogP contribution in [0.3, 0.4) is 0 Å². The molecule has 0 aliphatic carbocycles. The lowest BCUT2D eigenvalue weighted by molar-refractivity contribution is 0.102. The fraction of sp³-hybridized carbons (Fsp3) is 0.105. The second-order valence-electron chi connectivity index (χ2n) is 5.81. The molecule has 0 spiro atoms. The van der Waals surface area contributed by atoms with Crippen molar-refractivity contribution in [1.29, 1.82) is 0 Å². The van der Waals surface area contributed by atoms with Crippen LogP contribution in [0.1, 0.15) is 17.3 Å². The molecule has 0 saturated carbocycles. The predicted octanol–water partition coefficient (Wildman–Crippen LogP) is 3.78. The van der Waals surface area contributed by atoms with Crippen molar-refractivity contribution in [2.24, 2.45) is 0 Å². The van der Waals surface area contributed by atoms with Crippen molar-refractivity contribution in [2.45, 2.75) is 6.92 Å². The lowest BCUT2D eigenvalue weighted by Gasteiger charge is -2.05. The van der Waals surface area contributed by atoms with Crippen molar-refractivity contribution < 1.29 is 13.9 Å². The topological polar surface area (TPSA) is 106 Å². The maximum Gasteiger partial charge on any atom is 0.256 e. The van der Waals surface area contributed by atoms with Crippen molar-refractivity contribution in [2.75, 3.05) is 11.9 Å². The van der Waals surface area contributed by atoms with Gasteiger partial charge in [-0.3, -0.25) is 9.89 Å². The van der Waals surface area contributed by atoms with Crippen molar-refractivity contribution in [1.82, 2.24) is 25.1 Å². The van der Waals surface area contributed by atoms with Crippen LogP contribution >= 0.6 is 11.3 Å². The first-order chi connectivity index (χ1) is 14.1. The Morgan fingerprint density at radius 3 is 2.93 bits per heavy atom. The summed E-state index contributed by atoms with van der Waals surface area (Å²) in [6, 6.07) is 8.91. The molecule has 0 aliphatic heterocycles. The lowest BCUT2D eigenvalue weighted by Crippen LogP contribution is -2.13. The number of nitrogens with zero attached hydrogens (tertiary/aromatic N) is 4. The molecule has 3 aromatic heterocycles. The average molecular weight is 410 g/mol. The number of ether oxygens (including phenoxy) is 1. The van der Waals surface area contributed by atoms with Crippen LogP contribution in [-0.2, 0) is 0 Å². The zero-order chi connectivity index (χ0) is 20.2. The van der Waals surface area contributed by atoms with Gasteiger partial charge in [0.05, 0.1) is 6.61 Å². The van der Waals surface area contributed by atoms with E-state index in [1.165, 1.54) is 35.9 Å². The van der Waals surface area contributed by atoms with Crippen molar-refractivity contribution in [3.05, 3.63) is 60.3 Å². The SMILES string of the molecule is CCOc1nc(-c2ccnc(NC(=O)c3cccc(F)c3)c2)sc1-c1ncn[nH]1. The molecule has 0 atom stereocenters. The van der Waals surface area contributed by atoms with E-state index in [0.717, 1.165) is 16.5 Å². The fourth-order valence-corrected chi connectivity index (χ4v) is 3.53. The first-order valence-electron chi connectivity index (χ1n) is 8.66. The molecule has 1 amide bonds. The maximum atomic E-state index is 13.3. The van der Waals surface area contributed by atoms with Gasteiger partial charge in [0.2, 0.25) is 5.88 Å². The number of carbonyl (C=O) groups is 1. The summed E-state index contributed by atoms with van der Waals surface area (Å²) in [5, 5.41) is 10.0. The average Bonchev–Trinajstić information content (AvgIpc) is 3.38. The number of carbonyl (C=O) groups excluding carboxylic acids is 1. The number of pyridine rings is 1. The second kappa shape index (κ2) is 8.15. The number of halogens is 1. The zero-order valence-corrected chi connectivity index (χ0v) is 16.0. The van der Waals surface area contributed by atoms with Crippen molar-refractivity contribution in [3.63, 3.8) is 0 Å². The van der Waals surface area contributed by atoms with E-state index in [2.05, 4.69) is 30.5 Å². The number of aromatic nitrogens is 5. The molecule has 146 valence electrons. The third-order valence-electron chi connectivity index (χ3n) is 3.84. The molecular formula is C19H15FN6O2S. The molecule has 10 heteroatoms. The molecule has 4 rings (SSSR count). The lowest BCUT2D eigenvalue weighted by atomic mass is 10.2. The van der Waals surface area contributed by atoms with Crippen molar-refractivity contribution in [3.8, 4) is 27.2 Å². The fourth-order valence-electron chi connectivity index (χ4n) is 2.58. The summed E-state index contributed by atoms with van der Waals surface area (Å²) in [4.78, 5) is 25.9. The molecule has 0 radical (unpaired) electrons. The van der Waals surface area contributed by atoms with Crippen molar-refractivity contribution >= 4 is 23.1 Å². The Morgan fingerprint density at radius 2 is 2.17 bits per heavy atom. The number of benzene rings is 1. The summed E-state index contributed by atoms with van der Waals surface area (Å²) >= 11 is 1.38. The van der Waals surface area contributed by atoms with Gasteiger partial charge >= 0.3 is 0 Å². The van der Waals surface area contributed by atoms with E-state index >= 15 is 0 Å². The minimum Gasteiger partial charge on any atom is -0.477 e. The standard InChI is InChI=1S/C19H15FN6O2S/c1-2-28-18-15(16-22-10-23-26-16)29-19(25-18)12-6-7-21-14(9-12)24-17(27)11-4-3-5-13(20)8-11/h3-10H,2H2,1H3,(H,21,24,27)(H,22,23,26). The van der Waals surface area contributed by atoms with Crippen LogP contribution in [0.4, 0.5) is 10.2 Å². The number of hydrogen-bond acceptors (Lipinski definition) is 7. The monoisotopic (exact) mass is 410 g/mol. The van der Waals surface area contributed by atoms with Gasteiger partial charge in [-0.1, -0.05) is 6.07 Å². The smallest absolute Gasteiger partial charge is 0.256 e. The maximum absolute atomic E-state index is 13.3. The number of nitrogens with one attached hydrogen (secondary N) is 2. The van der Waals surface area contributed by atoms with Gasteiger partial charge in [0.15, 0.2) is 5.82 Å². The van der Waals surface area contributed by atoms with E-state index in [4.69, 9.17) is 4.74 Å². The Labute approximate surface area is 168 Å². The molecule has 0 unspecified atom stereocenters. The second-order valence-corrected chi connectivity index (χ2v) is 6.81. The van der Waals surface area contributed by atoms with Gasteiger partial charge in [-0.2, -0.15) is 5.10 Å². The molecule has 8 nitrogen and oxygen atoms in total. The summed E-state index contributed by atoms with van der Waals surface area (Å²) in [6.45, 7) is 2.32. The largest absolute Gasteiger partial charge is 0.477 e. The van der Waals surface area contributed by atoms with Gasteiger partial charge in [-0.25, -0.2) is 19.3 Å². The molecule has 29 heavy (non-hydrogen) atoms. The minimum atomic E-state index is -0.481. The Morgan fingerprint density at radius 1 is 1.28 bits per heavy atom. The van der Waals surface area contributed by atoms with Gasteiger partial charge in [0.25, 0.3) is 5.91 Å². The molecule has 2 N–H and O–H groups in total. The first-order valence-corrected chi connectivity index (χ1v) is 9.48. The number of aromatic amines is 1. The summed E-state index contributed by atoms with van der Waals surface area (Å²) in [6.07, 6.45) is 2.98. The Balaban J connectivity index is 1.62. The molecule has 4 aromatic rings. The van der Waals surface area contributed by atoms with Gasteiger partial charge in [0, 0.05) is 17.3 Å². The summed E-state index contributed by atoms with van der Waals surface area (Å²) in [7, 11) is 0. The minimum absolute atomic E-state index is 0.206.